The maximum Gasteiger partial charge on any atom is 0.354 e. The van der Waals surface area contributed by atoms with Crippen LogP contribution in [0.4, 0.5) is 0 Å². The van der Waals surface area contributed by atoms with Crippen LogP contribution in [0.1, 0.15) is 44.5 Å². The monoisotopic (exact) mass is 341 g/mol. The Morgan fingerprint density at radius 2 is 2.00 bits per heavy atom. The smallest absolute Gasteiger partial charge is 0.354 e. The molecule has 0 saturated heterocycles. The summed E-state index contributed by atoms with van der Waals surface area (Å²) >= 11 is 0. The number of aryl methyl sites for hydroxylation is 1. The molecular weight excluding hydrogens is 317 g/mol. The molecule has 1 aromatic heterocycles. The van der Waals surface area contributed by atoms with Gasteiger partial charge in [-0.05, 0) is 26.8 Å². The van der Waals surface area contributed by atoms with Crippen LogP contribution in [0.3, 0.4) is 0 Å². The van der Waals surface area contributed by atoms with Gasteiger partial charge in [0.2, 0.25) is 5.79 Å². The van der Waals surface area contributed by atoms with Crippen molar-refractivity contribution in [3.63, 3.8) is 0 Å². The highest BCUT2D eigenvalue weighted by Crippen LogP contribution is 2.50. The van der Waals surface area contributed by atoms with Crippen molar-refractivity contribution in [2.75, 3.05) is 13.2 Å². The van der Waals surface area contributed by atoms with E-state index in [1.54, 1.807) is 26.1 Å². The Morgan fingerprint density at radius 3 is 2.61 bits per heavy atom. The first kappa shape index (κ1) is 18.1. The molecule has 0 radical (unpaired) electrons. The van der Waals surface area contributed by atoms with Gasteiger partial charge >= 0.3 is 7.60 Å². The fraction of sp³-hybridized carbons (Fsp3) is 0.562. The molecule has 0 spiro atoms. The summed E-state index contributed by atoms with van der Waals surface area (Å²) in [5, 5.41) is 0. The minimum absolute atomic E-state index is 0.312. The van der Waals surface area contributed by atoms with Crippen LogP contribution in [0.15, 0.2) is 12.0 Å². The van der Waals surface area contributed by atoms with Gasteiger partial charge < -0.3 is 18.5 Å². The Hall–Kier alpha value is -1.20. The van der Waals surface area contributed by atoms with Gasteiger partial charge in [-0.25, -0.2) is 0 Å². The molecule has 0 saturated carbocycles. The molecule has 0 amide bonds. The molecular formula is C16H24NO5P. The SMILES string of the molecule is CCOP(=O)(/C=C/c1cnc(C)c2c1COC(C)(C)O2)OCC. The standard InChI is InChI=1S/C16H24NO5P/c1-6-20-23(18,21-7-2)9-8-13-10-17-12(3)15-14(13)11-19-16(4,5)22-15/h8-10H,6-7,11H2,1-5H3/b9-8+. The van der Waals surface area contributed by atoms with Gasteiger partial charge in [0.25, 0.3) is 0 Å². The normalized spacial score (nSPS) is 17.1. The van der Waals surface area contributed by atoms with Gasteiger partial charge in [-0.2, -0.15) is 0 Å². The average molecular weight is 341 g/mol. The number of nitrogens with zero attached hydrogens (tertiary/aromatic N) is 1. The molecule has 1 aliphatic rings. The van der Waals surface area contributed by atoms with Crippen molar-refractivity contribution >= 4 is 13.7 Å². The summed E-state index contributed by atoms with van der Waals surface area (Å²) in [4.78, 5) is 4.35. The number of rotatable bonds is 6. The molecule has 0 atom stereocenters. The molecule has 23 heavy (non-hydrogen) atoms. The average Bonchev–Trinajstić information content (AvgIpc) is 2.47. The third kappa shape index (κ3) is 4.42. The summed E-state index contributed by atoms with van der Waals surface area (Å²) in [5.41, 5.74) is 2.46. The number of aromatic nitrogens is 1. The maximum atomic E-state index is 12.5. The summed E-state index contributed by atoms with van der Waals surface area (Å²) in [6.07, 6.45) is 3.40. The lowest BCUT2D eigenvalue weighted by Crippen LogP contribution is -2.36. The number of ether oxygens (including phenoxy) is 2. The topological polar surface area (TPSA) is 66.9 Å². The second kappa shape index (κ2) is 7.14. The van der Waals surface area contributed by atoms with E-state index in [-0.39, 0.29) is 0 Å². The Bertz CT molecular complexity index is 632. The van der Waals surface area contributed by atoms with Crippen molar-refractivity contribution in [3.05, 3.63) is 28.8 Å². The van der Waals surface area contributed by atoms with Crippen molar-refractivity contribution in [2.45, 2.75) is 47.0 Å². The van der Waals surface area contributed by atoms with Crippen LogP contribution in [0, 0.1) is 6.92 Å². The summed E-state index contributed by atoms with van der Waals surface area (Å²) < 4.78 is 34.6. The van der Waals surface area contributed by atoms with E-state index in [9.17, 15) is 4.57 Å². The lowest BCUT2D eigenvalue weighted by molar-refractivity contribution is -0.180. The van der Waals surface area contributed by atoms with Gasteiger partial charge in [0.15, 0.2) is 0 Å². The van der Waals surface area contributed by atoms with Crippen LogP contribution in [0.25, 0.3) is 6.08 Å². The molecule has 0 aliphatic carbocycles. The van der Waals surface area contributed by atoms with Gasteiger partial charge in [0.05, 0.1) is 25.5 Å². The fourth-order valence-corrected chi connectivity index (χ4v) is 3.57. The zero-order chi connectivity index (χ0) is 17.1. The third-order valence-corrected chi connectivity index (χ3v) is 5.07. The number of pyridine rings is 1. The van der Waals surface area contributed by atoms with Crippen molar-refractivity contribution in [1.29, 1.82) is 0 Å². The van der Waals surface area contributed by atoms with Crippen molar-refractivity contribution < 1.29 is 23.1 Å². The van der Waals surface area contributed by atoms with Gasteiger partial charge in [-0.1, -0.05) is 0 Å². The Kier molecular flexibility index (Phi) is 5.63. The quantitative estimate of drug-likeness (QED) is 0.720. The van der Waals surface area contributed by atoms with Crippen LogP contribution < -0.4 is 4.74 Å². The van der Waals surface area contributed by atoms with Gasteiger partial charge in [0, 0.05) is 37.0 Å². The van der Waals surface area contributed by atoms with E-state index < -0.39 is 13.4 Å². The molecule has 1 aliphatic heterocycles. The highest BCUT2D eigenvalue weighted by molar-refractivity contribution is 7.57. The lowest BCUT2D eigenvalue weighted by Gasteiger charge is -2.33. The minimum atomic E-state index is -3.25. The van der Waals surface area contributed by atoms with E-state index in [0.717, 1.165) is 16.8 Å². The second-order valence-corrected chi connectivity index (χ2v) is 7.48. The van der Waals surface area contributed by atoms with Crippen LogP contribution in [-0.4, -0.2) is 24.0 Å². The first-order chi connectivity index (χ1) is 10.8. The lowest BCUT2D eigenvalue weighted by atomic mass is 10.1. The molecule has 0 unspecified atom stereocenters. The van der Waals surface area contributed by atoms with E-state index in [4.69, 9.17) is 18.5 Å². The Balaban J connectivity index is 2.35. The molecule has 0 N–H and O–H groups in total. The Morgan fingerprint density at radius 1 is 1.35 bits per heavy atom. The van der Waals surface area contributed by atoms with Crippen molar-refractivity contribution in [1.82, 2.24) is 4.98 Å². The van der Waals surface area contributed by atoms with Crippen LogP contribution >= 0.6 is 7.60 Å². The first-order valence-electron chi connectivity index (χ1n) is 7.69. The van der Waals surface area contributed by atoms with Gasteiger partial charge in [-0.15, -0.1) is 0 Å². The van der Waals surface area contributed by atoms with E-state index in [0.29, 0.717) is 25.6 Å². The van der Waals surface area contributed by atoms with Gasteiger partial charge in [-0.3, -0.25) is 9.55 Å². The largest absolute Gasteiger partial charge is 0.461 e. The molecule has 0 bridgehead atoms. The Labute approximate surface area is 137 Å². The van der Waals surface area contributed by atoms with E-state index in [1.807, 2.05) is 20.8 Å². The summed E-state index contributed by atoms with van der Waals surface area (Å²) in [5.74, 6) is 1.49. The zero-order valence-electron chi connectivity index (χ0n) is 14.3. The number of hydrogen-bond donors (Lipinski definition) is 0. The predicted molar refractivity (Wildman–Crippen MR) is 88.4 cm³/mol. The minimum Gasteiger partial charge on any atom is -0.461 e. The highest BCUT2D eigenvalue weighted by atomic mass is 31.2. The second-order valence-electron chi connectivity index (χ2n) is 5.59. The fourth-order valence-electron chi connectivity index (χ4n) is 2.26. The van der Waals surface area contributed by atoms with Crippen LogP contribution in [0.2, 0.25) is 0 Å². The molecule has 0 fully saturated rings. The van der Waals surface area contributed by atoms with Crippen LogP contribution in [0.5, 0.6) is 5.75 Å². The number of hydrogen-bond acceptors (Lipinski definition) is 6. The molecule has 1 aromatic rings. The van der Waals surface area contributed by atoms with Gasteiger partial charge in [0.1, 0.15) is 5.75 Å². The maximum absolute atomic E-state index is 12.5. The molecule has 2 heterocycles. The first-order valence-corrected chi connectivity index (χ1v) is 9.31. The summed E-state index contributed by atoms with van der Waals surface area (Å²) in [7, 11) is -3.25. The molecule has 7 heteroatoms. The van der Waals surface area contributed by atoms with Crippen LogP contribution in [-0.2, 0) is 25.0 Å². The number of fused-ring (bicyclic) bond motifs is 1. The molecule has 0 aromatic carbocycles. The molecule has 2 rings (SSSR count). The third-order valence-electron chi connectivity index (χ3n) is 3.32. The zero-order valence-corrected chi connectivity index (χ0v) is 15.2. The van der Waals surface area contributed by atoms with E-state index in [2.05, 4.69) is 4.98 Å². The highest BCUT2D eigenvalue weighted by Gasteiger charge is 2.30. The molecule has 128 valence electrons. The molecule has 6 nitrogen and oxygen atoms in total. The predicted octanol–water partition coefficient (Wildman–Crippen LogP) is 4.27. The summed E-state index contributed by atoms with van der Waals surface area (Å²) in [6.45, 7) is 10.2. The van der Waals surface area contributed by atoms with Crippen molar-refractivity contribution in [3.8, 4) is 5.75 Å². The summed E-state index contributed by atoms with van der Waals surface area (Å²) in [6, 6.07) is 0. The van der Waals surface area contributed by atoms with Crippen molar-refractivity contribution in [2.24, 2.45) is 0 Å². The van der Waals surface area contributed by atoms with E-state index >= 15 is 0 Å². The van der Waals surface area contributed by atoms with E-state index in [1.165, 1.54) is 5.82 Å².